The third kappa shape index (κ3) is 2.43. The highest BCUT2D eigenvalue weighted by Crippen LogP contribution is 2.22. The van der Waals surface area contributed by atoms with Crippen LogP contribution in [0.3, 0.4) is 0 Å². The molecule has 20 heavy (non-hydrogen) atoms. The van der Waals surface area contributed by atoms with E-state index >= 15 is 0 Å². The Morgan fingerprint density at radius 3 is 2.45 bits per heavy atom. The van der Waals surface area contributed by atoms with Crippen molar-refractivity contribution in [1.29, 1.82) is 0 Å². The third-order valence-corrected chi connectivity index (χ3v) is 3.82. The van der Waals surface area contributed by atoms with E-state index in [4.69, 9.17) is 0 Å². The van der Waals surface area contributed by atoms with E-state index in [1.165, 1.54) is 0 Å². The Morgan fingerprint density at radius 1 is 1.15 bits per heavy atom. The number of likely N-dealkylation sites (tertiary alicyclic amines) is 1. The fourth-order valence-corrected chi connectivity index (χ4v) is 2.62. The Labute approximate surface area is 117 Å². The minimum Gasteiger partial charge on any atom is -0.341 e. The van der Waals surface area contributed by atoms with Gasteiger partial charge < -0.3 is 4.90 Å². The van der Waals surface area contributed by atoms with Crippen LogP contribution in [0.5, 0.6) is 0 Å². The number of carbonyl (C=O) groups excluding carboxylic acids is 1. The number of aromatic nitrogens is 5. The van der Waals surface area contributed by atoms with Crippen LogP contribution < -0.4 is 0 Å². The fraction of sp³-hybridized carbons (Fsp3) is 0.538. The average molecular weight is 274 g/mol. The molecule has 0 aromatic carbocycles. The lowest BCUT2D eigenvalue weighted by atomic mass is 10.0. The third-order valence-electron chi connectivity index (χ3n) is 3.82. The van der Waals surface area contributed by atoms with Gasteiger partial charge in [-0.2, -0.15) is 20.1 Å². The number of carbonyl (C=O) groups is 1. The molecule has 1 aliphatic rings. The Hall–Kier alpha value is -2.18. The molecule has 1 fully saturated rings. The van der Waals surface area contributed by atoms with Gasteiger partial charge in [-0.15, -0.1) is 0 Å². The van der Waals surface area contributed by atoms with Crippen LogP contribution in [0, 0.1) is 0 Å². The first-order chi connectivity index (χ1) is 9.75. The molecule has 0 saturated carbocycles. The first-order valence-electron chi connectivity index (χ1n) is 6.89. The summed E-state index contributed by atoms with van der Waals surface area (Å²) in [4.78, 5) is 16.1. The van der Waals surface area contributed by atoms with Crippen LogP contribution in [0.4, 0.5) is 0 Å². The molecule has 0 aliphatic carbocycles. The highest BCUT2D eigenvalue weighted by molar-refractivity contribution is 5.80. The minimum absolute atomic E-state index is 0.126. The van der Waals surface area contributed by atoms with E-state index in [2.05, 4.69) is 15.3 Å². The smallest absolute Gasteiger partial charge is 0.247 e. The molecule has 1 amide bonds. The summed E-state index contributed by atoms with van der Waals surface area (Å²) in [6, 6.07) is 1.89. The molecule has 2 aromatic rings. The number of rotatable bonds is 3. The van der Waals surface area contributed by atoms with Crippen molar-refractivity contribution in [2.75, 3.05) is 13.1 Å². The topological polar surface area (TPSA) is 68.8 Å². The molecule has 2 aromatic heterocycles. The lowest BCUT2D eigenvalue weighted by Gasteiger charge is -2.33. The van der Waals surface area contributed by atoms with Crippen LogP contribution in [0.1, 0.15) is 31.8 Å². The molecular weight excluding hydrogens is 256 g/mol. The lowest BCUT2D eigenvalue weighted by Crippen LogP contribution is -2.42. The van der Waals surface area contributed by atoms with Gasteiger partial charge in [0.2, 0.25) is 5.91 Å². The first-order valence-corrected chi connectivity index (χ1v) is 6.89. The van der Waals surface area contributed by atoms with Crippen molar-refractivity contribution in [1.82, 2.24) is 29.7 Å². The molecule has 0 N–H and O–H groups in total. The van der Waals surface area contributed by atoms with Crippen molar-refractivity contribution in [3.05, 3.63) is 30.9 Å². The Balaban J connectivity index is 1.59. The van der Waals surface area contributed by atoms with Crippen molar-refractivity contribution in [3.8, 4) is 0 Å². The summed E-state index contributed by atoms with van der Waals surface area (Å²) in [5.74, 6) is 0.126. The molecule has 1 atom stereocenters. The van der Waals surface area contributed by atoms with Gasteiger partial charge >= 0.3 is 0 Å². The maximum atomic E-state index is 12.4. The summed E-state index contributed by atoms with van der Waals surface area (Å²) >= 11 is 0. The zero-order valence-corrected chi connectivity index (χ0v) is 11.5. The van der Waals surface area contributed by atoms with Crippen LogP contribution in [0.2, 0.25) is 0 Å². The largest absolute Gasteiger partial charge is 0.341 e. The van der Waals surface area contributed by atoms with E-state index in [0.717, 1.165) is 25.9 Å². The van der Waals surface area contributed by atoms with Gasteiger partial charge in [-0.05, 0) is 25.8 Å². The SMILES string of the molecule is CC(C(=O)N1CCC(n2nccn2)CC1)n1cccn1. The number of piperidine rings is 1. The quantitative estimate of drug-likeness (QED) is 0.834. The van der Waals surface area contributed by atoms with Crippen LogP contribution >= 0.6 is 0 Å². The average Bonchev–Trinajstić information content (AvgIpc) is 3.18. The van der Waals surface area contributed by atoms with Gasteiger partial charge in [0, 0.05) is 25.5 Å². The Kier molecular flexibility index (Phi) is 3.49. The van der Waals surface area contributed by atoms with E-state index in [1.54, 1.807) is 28.1 Å². The van der Waals surface area contributed by atoms with Gasteiger partial charge in [0.25, 0.3) is 0 Å². The summed E-state index contributed by atoms with van der Waals surface area (Å²) in [6.45, 7) is 3.38. The summed E-state index contributed by atoms with van der Waals surface area (Å²) < 4.78 is 1.70. The van der Waals surface area contributed by atoms with Gasteiger partial charge in [-0.25, -0.2) is 0 Å². The van der Waals surface area contributed by atoms with Gasteiger partial charge in [0.1, 0.15) is 6.04 Å². The molecule has 106 valence electrons. The monoisotopic (exact) mass is 274 g/mol. The molecule has 7 nitrogen and oxygen atoms in total. The predicted octanol–water partition coefficient (Wildman–Crippen LogP) is 0.899. The zero-order valence-electron chi connectivity index (χ0n) is 11.5. The second-order valence-corrected chi connectivity index (χ2v) is 5.07. The second-order valence-electron chi connectivity index (χ2n) is 5.07. The number of hydrogen-bond donors (Lipinski definition) is 0. The van der Waals surface area contributed by atoms with Gasteiger partial charge in [-0.1, -0.05) is 0 Å². The molecule has 1 unspecified atom stereocenters. The molecule has 1 aliphatic heterocycles. The molecule has 0 bridgehead atoms. The van der Waals surface area contributed by atoms with Crippen molar-refractivity contribution >= 4 is 5.91 Å². The first kappa shape index (κ1) is 12.8. The molecule has 3 heterocycles. The minimum atomic E-state index is -0.246. The van der Waals surface area contributed by atoms with E-state index in [0.29, 0.717) is 6.04 Å². The molecular formula is C13H18N6O. The molecule has 0 spiro atoms. The van der Waals surface area contributed by atoms with Crippen LogP contribution in [0.15, 0.2) is 30.9 Å². The normalized spacial score (nSPS) is 18.1. The van der Waals surface area contributed by atoms with E-state index in [-0.39, 0.29) is 11.9 Å². The van der Waals surface area contributed by atoms with Gasteiger partial charge in [0.05, 0.1) is 18.4 Å². The van der Waals surface area contributed by atoms with Crippen LogP contribution in [-0.2, 0) is 4.79 Å². The van der Waals surface area contributed by atoms with E-state index in [1.807, 2.05) is 24.1 Å². The van der Waals surface area contributed by atoms with E-state index in [9.17, 15) is 4.79 Å². The maximum Gasteiger partial charge on any atom is 0.247 e. The Bertz CT molecular complexity index is 541. The van der Waals surface area contributed by atoms with Crippen molar-refractivity contribution < 1.29 is 4.79 Å². The second kappa shape index (κ2) is 5.44. The number of hydrogen-bond acceptors (Lipinski definition) is 4. The summed E-state index contributed by atoms with van der Waals surface area (Å²) in [5, 5.41) is 12.5. The summed E-state index contributed by atoms with van der Waals surface area (Å²) in [6.07, 6.45) is 8.69. The highest BCUT2D eigenvalue weighted by atomic mass is 16.2. The predicted molar refractivity (Wildman–Crippen MR) is 71.8 cm³/mol. The Morgan fingerprint density at radius 2 is 1.85 bits per heavy atom. The van der Waals surface area contributed by atoms with Gasteiger partial charge in [0.15, 0.2) is 0 Å². The molecule has 3 rings (SSSR count). The van der Waals surface area contributed by atoms with Crippen LogP contribution in [0.25, 0.3) is 0 Å². The lowest BCUT2D eigenvalue weighted by molar-refractivity contribution is -0.136. The number of nitrogens with zero attached hydrogens (tertiary/aromatic N) is 6. The molecule has 0 radical (unpaired) electrons. The van der Waals surface area contributed by atoms with E-state index < -0.39 is 0 Å². The van der Waals surface area contributed by atoms with Crippen molar-refractivity contribution in [3.63, 3.8) is 0 Å². The van der Waals surface area contributed by atoms with Crippen LogP contribution in [-0.4, -0.2) is 48.7 Å². The zero-order chi connectivity index (χ0) is 13.9. The van der Waals surface area contributed by atoms with Gasteiger partial charge in [-0.3, -0.25) is 9.48 Å². The van der Waals surface area contributed by atoms with Crippen molar-refractivity contribution in [2.24, 2.45) is 0 Å². The maximum absolute atomic E-state index is 12.4. The summed E-state index contributed by atoms with van der Waals surface area (Å²) in [5.41, 5.74) is 0. The number of amides is 1. The fourth-order valence-electron chi connectivity index (χ4n) is 2.62. The molecule has 1 saturated heterocycles. The highest BCUT2D eigenvalue weighted by Gasteiger charge is 2.28. The van der Waals surface area contributed by atoms with Crippen molar-refractivity contribution in [2.45, 2.75) is 31.8 Å². The summed E-state index contributed by atoms with van der Waals surface area (Å²) in [7, 11) is 0. The standard InChI is InChI=1S/C13H18N6O/c1-11(18-8-2-5-14-18)13(20)17-9-3-12(4-10-17)19-15-6-7-16-19/h2,5-8,11-12H,3-4,9-10H2,1H3. The molecule has 7 heteroatoms.